The smallest absolute Gasteiger partial charge is 0.872 e. The first-order valence-electron chi connectivity index (χ1n) is 16.9. The van der Waals surface area contributed by atoms with E-state index in [0.29, 0.717) is 17.7 Å². The van der Waals surface area contributed by atoms with E-state index in [1.165, 1.54) is 87.1 Å². The molecule has 0 aliphatic rings. The number of rotatable bonds is 18. The minimum atomic E-state index is -4.64. The molecule has 0 unspecified atom stereocenters. The summed E-state index contributed by atoms with van der Waals surface area (Å²) in [7, 11) is -9.02. The van der Waals surface area contributed by atoms with Crippen LogP contribution in [-0.2, 0) is 33.1 Å². The summed E-state index contributed by atoms with van der Waals surface area (Å²) in [6, 6.07) is 21.0. The Bertz CT molecular complexity index is 1740. The van der Waals surface area contributed by atoms with Gasteiger partial charge >= 0.3 is 37.7 Å². The summed E-state index contributed by atoms with van der Waals surface area (Å²) in [5, 5.41) is 22.3. The van der Waals surface area contributed by atoms with Crippen LogP contribution in [0.2, 0.25) is 0 Å². The van der Waals surface area contributed by atoms with Crippen LogP contribution in [0.1, 0.15) is 89.2 Å². The van der Waals surface area contributed by atoms with Crippen LogP contribution in [0, 0.1) is 0 Å². The molecular formula is C38H46CaO10S2. The number of aromatic hydroxyl groups is 1. The van der Waals surface area contributed by atoms with Crippen molar-refractivity contribution in [1.82, 2.24) is 0 Å². The van der Waals surface area contributed by atoms with E-state index >= 15 is 0 Å². The summed E-state index contributed by atoms with van der Waals surface area (Å²) < 4.78 is 76.8. The molecule has 4 aromatic rings. The Kier molecular flexibility index (Phi) is 19.4. The molecule has 10 nitrogen and oxygen atoms in total. The Hall–Kier alpha value is -2.84. The monoisotopic (exact) mass is 766 g/mol. The first kappa shape index (κ1) is 44.3. The second-order valence-corrected chi connectivity index (χ2v) is 14.7. The molecule has 0 saturated carbocycles. The van der Waals surface area contributed by atoms with Crippen LogP contribution >= 0.6 is 0 Å². The van der Waals surface area contributed by atoms with E-state index in [9.17, 15) is 36.2 Å². The Balaban J connectivity index is 0.000000347. The molecule has 0 aliphatic carbocycles. The molecule has 0 aromatic heterocycles. The maximum Gasteiger partial charge on any atom is 2.00 e. The van der Waals surface area contributed by atoms with E-state index in [1.807, 2.05) is 0 Å². The van der Waals surface area contributed by atoms with Crippen LogP contribution in [-0.4, -0.2) is 68.8 Å². The van der Waals surface area contributed by atoms with E-state index in [0.717, 1.165) is 37.7 Å². The van der Waals surface area contributed by atoms with Gasteiger partial charge < -0.3 is 24.2 Å². The Labute approximate surface area is 332 Å². The molecule has 0 heterocycles. The number of para-hydroxylation sites is 2. The first-order valence-corrected chi connectivity index (χ1v) is 19.8. The number of benzene rings is 4. The summed E-state index contributed by atoms with van der Waals surface area (Å²) in [5.41, 5.74) is 1.56. The van der Waals surface area contributed by atoms with Crippen LogP contribution in [0.4, 0.5) is 0 Å². The number of unbranched alkanes of at least 4 members (excludes halogenated alkanes) is 8. The predicted octanol–water partition coefficient (Wildman–Crippen LogP) is 8.53. The fraction of sp³-hybridized carbons (Fsp3) is 0.368. The molecule has 4 aromatic carbocycles. The van der Waals surface area contributed by atoms with Gasteiger partial charge in [-0.25, -0.2) is 8.42 Å². The SMILES string of the molecule is CCCCCCCc1ccc(Oc2ccccc2S(=O)(=O)O)cc1O.CCCCCCCc1ccc(Oc2ccccc2S(=O)(=O)[O-])cc1[O-].[Ca+2]. The number of aryl methyl sites for hydroxylation is 2. The van der Waals surface area contributed by atoms with Crippen molar-refractivity contribution in [3.05, 3.63) is 96.1 Å². The average molecular weight is 767 g/mol. The molecule has 13 heteroatoms. The normalized spacial score (nSPS) is 11.2. The zero-order chi connectivity index (χ0) is 36.6. The molecule has 0 saturated heterocycles. The topological polar surface area (TPSA) is 173 Å². The van der Waals surface area contributed by atoms with Crippen molar-refractivity contribution in [1.29, 1.82) is 0 Å². The molecule has 51 heavy (non-hydrogen) atoms. The number of phenolic OH excluding ortho intramolecular Hbond substituents is 1. The zero-order valence-electron chi connectivity index (χ0n) is 29.3. The Morgan fingerprint density at radius 1 is 0.608 bits per heavy atom. The second kappa shape index (κ2) is 22.3. The third kappa shape index (κ3) is 15.3. The van der Waals surface area contributed by atoms with Gasteiger partial charge in [0.25, 0.3) is 10.1 Å². The molecule has 0 aliphatic heterocycles. The van der Waals surface area contributed by atoms with Gasteiger partial charge in [0, 0.05) is 6.07 Å². The largest absolute Gasteiger partial charge is 2.00 e. The van der Waals surface area contributed by atoms with Gasteiger partial charge in [-0.2, -0.15) is 8.42 Å². The van der Waals surface area contributed by atoms with E-state index in [1.54, 1.807) is 36.4 Å². The van der Waals surface area contributed by atoms with Gasteiger partial charge in [-0.1, -0.05) is 107 Å². The van der Waals surface area contributed by atoms with Crippen LogP contribution in [0.15, 0.2) is 94.7 Å². The van der Waals surface area contributed by atoms with E-state index in [2.05, 4.69) is 13.8 Å². The second-order valence-electron chi connectivity index (χ2n) is 11.9. The van der Waals surface area contributed by atoms with Gasteiger partial charge in [-0.15, -0.1) is 5.75 Å². The fourth-order valence-electron chi connectivity index (χ4n) is 5.20. The van der Waals surface area contributed by atoms with Gasteiger partial charge in [0.1, 0.15) is 43.8 Å². The van der Waals surface area contributed by atoms with E-state index in [4.69, 9.17) is 9.47 Å². The van der Waals surface area contributed by atoms with Crippen molar-refractivity contribution in [2.45, 2.75) is 101 Å². The quantitative estimate of drug-likeness (QED) is 0.0568. The maximum atomic E-state index is 12.2. The molecule has 2 N–H and O–H groups in total. The van der Waals surface area contributed by atoms with E-state index < -0.39 is 25.1 Å². The molecule has 0 atom stereocenters. The average Bonchev–Trinajstić information content (AvgIpc) is 3.06. The van der Waals surface area contributed by atoms with Gasteiger partial charge in [0.2, 0.25) is 0 Å². The molecule has 0 bridgehead atoms. The molecular weight excluding hydrogens is 721 g/mol. The van der Waals surface area contributed by atoms with Crippen molar-refractivity contribution in [3.8, 4) is 34.5 Å². The summed E-state index contributed by atoms with van der Waals surface area (Å²) in [6.45, 7) is 4.33. The summed E-state index contributed by atoms with van der Waals surface area (Å²) >= 11 is 0. The standard InChI is InChI=1S/2C19H24O5S.Ca/c2*1-2-3-4-5-6-9-15-12-13-16(14-17(15)20)24-18-10-7-8-11-19(18)25(21,22)23;/h2*7-8,10-14,20H,2-6,9H2,1H3,(H,21,22,23);/q;;+2/p-2. The Morgan fingerprint density at radius 3 is 1.55 bits per heavy atom. The van der Waals surface area contributed by atoms with Crippen LogP contribution in [0.25, 0.3) is 0 Å². The van der Waals surface area contributed by atoms with Gasteiger partial charge in [-0.3, -0.25) is 4.55 Å². The first-order chi connectivity index (χ1) is 23.8. The number of hydrogen-bond acceptors (Lipinski definition) is 9. The number of ether oxygens (including phenoxy) is 2. The third-order valence-electron chi connectivity index (χ3n) is 7.90. The van der Waals surface area contributed by atoms with Crippen LogP contribution in [0.3, 0.4) is 0 Å². The molecule has 272 valence electrons. The van der Waals surface area contributed by atoms with Crippen molar-refractivity contribution in [3.63, 3.8) is 0 Å². The number of hydrogen-bond donors (Lipinski definition) is 2. The van der Waals surface area contributed by atoms with E-state index in [-0.39, 0.29) is 71.4 Å². The van der Waals surface area contributed by atoms with Crippen LogP contribution in [0.5, 0.6) is 34.5 Å². The van der Waals surface area contributed by atoms with Crippen molar-refractivity contribution < 1.29 is 45.6 Å². The molecule has 0 radical (unpaired) electrons. The van der Waals surface area contributed by atoms with Crippen molar-refractivity contribution in [2.75, 3.05) is 0 Å². The predicted molar refractivity (Wildman–Crippen MR) is 195 cm³/mol. The third-order valence-corrected chi connectivity index (χ3v) is 9.66. The van der Waals surface area contributed by atoms with Gasteiger partial charge in [0.05, 0.1) is 4.90 Å². The summed E-state index contributed by atoms with van der Waals surface area (Å²) in [4.78, 5) is -0.753. The Morgan fingerprint density at radius 2 is 1.06 bits per heavy atom. The molecule has 0 spiro atoms. The zero-order valence-corrected chi connectivity index (χ0v) is 33.1. The van der Waals surface area contributed by atoms with Gasteiger partial charge in [-0.05, 0) is 73.7 Å². The molecule has 4 rings (SSSR count). The minimum absolute atomic E-state index is 0. The fourth-order valence-corrected chi connectivity index (χ4v) is 6.42. The van der Waals surface area contributed by atoms with Crippen molar-refractivity contribution in [2.24, 2.45) is 0 Å². The molecule has 0 amide bonds. The van der Waals surface area contributed by atoms with Crippen molar-refractivity contribution >= 4 is 58.0 Å². The summed E-state index contributed by atoms with van der Waals surface area (Å²) in [5.74, 6) is 0.438. The minimum Gasteiger partial charge on any atom is -0.872 e. The summed E-state index contributed by atoms with van der Waals surface area (Å²) in [6.07, 6.45) is 12.9. The number of phenols is 1. The molecule has 0 fully saturated rings. The van der Waals surface area contributed by atoms with Crippen LogP contribution < -0.4 is 14.6 Å². The van der Waals surface area contributed by atoms with Gasteiger partial charge in [0.15, 0.2) is 0 Å². The maximum absolute atomic E-state index is 12.2.